The first kappa shape index (κ1) is 11.0. The van der Waals surface area contributed by atoms with Crippen LogP contribution < -0.4 is 5.73 Å². The molecule has 0 aromatic carbocycles. The second kappa shape index (κ2) is 3.71. The van der Waals surface area contributed by atoms with Crippen LogP contribution in [0.1, 0.15) is 46.0 Å². The molecule has 2 N–H and O–H groups in total. The molecule has 16 heavy (non-hydrogen) atoms. The zero-order valence-corrected chi connectivity index (χ0v) is 10.8. The predicted octanol–water partition coefficient (Wildman–Crippen LogP) is 2.23. The van der Waals surface area contributed by atoms with Crippen molar-refractivity contribution in [2.24, 2.45) is 23.5 Å². The summed E-state index contributed by atoms with van der Waals surface area (Å²) < 4.78 is 0. The number of nitrogens with zero attached hydrogens (tertiary/aromatic N) is 1. The van der Waals surface area contributed by atoms with Crippen molar-refractivity contribution >= 4 is 0 Å². The van der Waals surface area contributed by atoms with Gasteiger partial charge >= 0.3 is 0 Å². The molecule has 3 aliphatic rings. The highest BCUT2D eigenvalue weighted by molar-refractivity contribution is 5.10. The van der Waals surface area contributed by atoms with Crippen LogP contribution in [0.15, 0.2) is 0 Å². The molecule has 2 nitrogen and oxygen atoms in total. The number of likely N-dealkylation sites (tertiary alicyclic amines) is 1. The Labute approximate surface area is 99.6 Å². The third-order valence-corrected chi connectivity index (χ3v) is 5.06. The Morgan fingerprint density at radius 1 is 1.00 bits per heavy atom. The van der Waals surface area contributed by atoms with Crippen molar-refractivity contribution in [2.45, 2.75) is 57.5 Å². The smallest absolute Gasteiger partial charge is 0.0441 e. The lowest BCUT2D eigenvalue weighted by Gasteiger charge is -2.54. The molecule has 0 amide bonds. The molecule has 92 valence electrons. The van der Waals surface area contributed by atoms with Crippen LogP contribution in [0.5, 0.6) is 0 Å². The van der Waals surface area contributed by atoms with Crippen molar-refractivity contribution in [3.8, 4) is 0 Å². The molecular formula is C14H26N2. The SMILES string of the molecule is CC1CC(C)CC(N2CC(N)(C3CC3)C2)C1. The van der Waals surface area contributed by atoms with Gasteiger partial charge in [0.1, 0.15) is 0 Å². The van der Waals surface area contributed by atoms with E-state index in [1.807, 2.05) is 0 Å². The van der Waals surface area contributed by atoms with E-state index in [1.54, 1.807) is 0 Å². The second-order valence-electron chi connectivity index (χ2n) is 6.98. The summed E-state index contributed by atoms with van der Waals surface area (Å²) in [6.07, 6.45) is 7.03. The lowest BCUT2D eigenvalue weighted by atomic mass is 9.76. The maximum atomic E-state index is 6.43. The zero-order valence-electron chi connectivity index (χ0n) is 10.8. The van der Waals surface area contributed by atoms with E-state index in [2.05, 4.69) is 18.7 Å². The third-order valence-electron chi connectivity index (χ3n) is 5.06. The molecule has 3 rings (SSSR count). The van der Waals surface area contributed by atoms with Gasteiger partial charge in [0.25, 0.3) is 0 Å². The van der Waals surface area contributed by atoms with Crippen molar-refractivity contribution in [1.82, 2.24) is 4.90 Å². The lowest BCUT2D eigenvalue weighted by molar-refractivity contribution is -0.0123. The molecule has 3 fully saturated rings. The normalized spacial score (nSPS) is 44.1. The van der Waals surface area contributed by atoms with Crippen LogP contribution >= 0.6 is 0 Å². The Hall–Kier alpha value is -0.0800. The van der Waals surface area contributed by atoms with Gasteiger partial charge in [-0.15, -0.1) is 0 Å². The molecule has 1 aliphatic heterocycles. The largest absolute Gasteiger partial charge is 0.323 e. The van der Waals surface area contributed by atoms with Gasteiger partial charge in [0, 0.05) is 24.7 Å². The summed E-state index contributed by atoms with van der Waals surface area (Å²) in [5, 5.41) is 0. The Morgan fingerprint density at radius 2 is 1.56 bits per heavy atom. The molecule has 0 aromatic heterocycles. The Morgan fingerprint density at radius 3 is 2.06 bits per heavy atom. The molecule has 2 saturated carbocycles. The van der Waals surface area contributed by atoms with E-state index in [0.29, 0.717) is 0 Å². The fourth-order valence-corrected chi connectivity index (χ4v) is 4.09. The standard InChI is InChI=1S/C14H26N2/c1-10-5-11(2)7-13(6-10)16-8-14(15,9-16)12-3-4-12/h10-13H,3-9,15H2,1-2H3. The molecule has 0 spiro atoms. The first-order valence-electron chi connectivity index (χ1n) is 7.10. The van der Waals surface area contributed by atoms with Crippen LogP contribution in [-0.2, 0) is 0 Å². The molecule has 1 saturated heterocycles. The molecule has 2 unspecified atom stereocenters. The highest BCUT2D eigenvalue weighted by Crippen LogP contribution is 2.45. The number of hydrogen-bond donors (Lipinski definition) is 1. The fourth-order valence-electron chi connectivity index (χ4n) is 4.09. The van der Waals surface area contributed by atoms with Gasteiger partial charge in [-0.25, -0.2) is 0 Å². The zero-order chi connectivity index (χ0) is 11.3. The van der Waals surface area contributed by atoms with Gasteiger partial charge in [-0.05, 0) is 49.9 Å². The van der Waals surface area contributed by atoms with Gasteiger partial charge < -0.3 is 5.73 Å². The van der Waals surface area contributed by atoms with Gasteiger partial charge in [-0.2, -0.15) is 0 Å². The average molecular weight is 222 g/mol. The minimum Gasteiger partial charge on any atom is -0.323 e. The Kier molecular flexibility index (Phi) is 2.56. The topological polar surface area (TPSA) is 29.3 Å². The highest BCUT2D eigenvalue weighted by Gasteiger charge is 2.52. The quantitative estimate of drug-likeness (QED) is 0.776. The van der Waals surface area contributed by atoms with Gasteiger partial charge in [0.2, 0.25) is 0 Å². The molecule has 0 radical (unpaired) electrons. The van der Waals surface area contributed by atoms with Crippen LogP contribution in [0.3, 0.4) is 0 Å². The van der Waals surface area contributed by atoms with Crippen molar-refractivity contribution in [1.29, 1.82) is 0 Å². The Bertz CT molecular complexity index is 256. The average Bonchev–Trinajstić information content (AvgIpc) is 2.94. The molecular weight excluding hydrogens is 196 g/mol. The molecule has 0 aromatic rings. The van der Waals surface area contributed by atoms with Crippen LogP contribution in [-0.4, -0.2) is 29.6 Å². The van der Waals surface area contributed by atoms with Gasteiger partial charge in [0.05, 0.1) is 0 Å². The van der Waals surface area contributed by atoms with E-state index in [-0.39, 0.29) is 5.54 Å². The summed E-state index contributed by atoms with van der Waals surface area (Å²) in [6.45, 7) is 7.20. The summed E-state index contributed by atoms with van der Waals surface area (Å²) in [5.74, 6) is 2.70. The van der Waals surface area contributed by atoms with Crippen molar-refractivity contribution in [3.63, 3.8) is 0 Å². The first-order chi connectivity index (χ1) is 7.57. The molecule has 2 aliphatic carbocycles. The highest BCUT2D eigenvalue weighted by atomic mass is 15.3. The van der Waals surface area contributed by atoms with Crippen LogP contribution in [0, 0.1) is 17.8 Å². The van der Waals surface area contributed by atoms with Crippen molar-refractivity contribution < 1.29 is 0 Å². The van der Waals surface area contributed by atoms with E-state index >= 15 is 0 Å². The van der Waals surface area contributed by atoms with Gasteiger partial charge in [-0.3, -0.25) is 4.90 Å². The lowest BCUT2D eigenvalue weighted by Crippen LogP contribution is -2.71. The van der Waals surface area contributed by atoms with E-state index < -0.39 is 0 Å². The van der Waals surface area contributed by atoms with Crippen LogP contribution in [0.2, 0.25) is 0 Å². The number of hydrogen-bond acceptors (Lipinski definition) is 2. The summed E-state index contributed by atoms with van der Waals surface area (Å²) >= 11 is 0. The van der Waals surface area contributed by atoms with E-state index in [4.69, 9.17) is 5.73 Å². The minimum atomic E-state index is 0.212. The summed E-state index contributed by atoms with van der Waals surface area (Å²) in [7, 11) is 0. The maximum Gasteiger partial charge on any atom is 0.0441 e. The monoisotopic (exact) mass is 222 g/mol. The Balaban J connectivity index is 1.55. The summed E-state index contributed by atoms with van der Waals surface area (Å²) in [4.78, 5) is 2.67. The molecule has 0 bridgehead atoms. The van der Waals surface area contributed by atoms with E-state index in [0.717, 1.165) is 23.8 Å². The van der Waals surface area contributed by atoms with Crippen molar-refractivity contribution in [2.75, 3.05) is 13.1 Å². The van der Waals surface area contributed by atoms with E-state index in [9.17, 15) is 0 Å². The predicted molar refractivity (Wildman–Crippen MR) is 67.2 cm³/mol. The number of nitrogens with two attached hydrogens (primary N) is 1. The molecule has 2 atom stereocenters. The second-order valence-corrected chi connectivity index (χ2v) is 6.98. The molecule has 1 heterocycles. The third kappa shape index (κ3) is 1.91. The fraction of sp³-hybridized carbons (Fsp3) is 1.00. The van der Waals surface area contributed by atoms with Crippen LogP contribution in [0.25, 0.3) is 0 Å². The van der Waals surface area contributed by atoms with Crippen molar-refractivity contribution in [3.05, 3.63) is 0 Å². The van der Waals surface area contributed by atoms with E-state index in [1.165, 1.54) is 45.2 Å². The molecule has 2 heteroatoms. The summed E-state index contributed by atoms with van der Waals surface area (Å²) in [6, 6.07) is 0.842. The summed E-state index contributed by atoms with van der Waals surface area (Å²) in [5.41, 5.74) is 6.65. The van der Waals surface area contributed by atoms with Gasteiger partial charge in [0.15, 0.2) is 0 Å². The maximum absolute atomic E-state index is 6.43. The minimum absolute atomic E-state index is 0.212. The number of rotatable bonds is 2. The van der Waals surface area contributed by atoms with Gasteiger partial charge in [-0.1, -0.05) is 13.8 Å². The van der Waals surface area contributed by atoms with Crippen LogP contribution in [0.4, 0.5) is 0 Å². The first-order valence-corrected chi connectivity index (χ1v) is 7.10.